The Morgan fingerprint density at radius 1 is 1.02 bits per heavy atom. The maximum Gasteiger partial charge on any atom is 0.334 e. The number of aryl methyl sites for hydroxylation is 1. The van der Waals surface area contributed by atoms with Crippen LogP contribution in [0.15, 0.2) is 89.1 Å². The lowest BCUT2D eigenvalue weighted by Gasteiger charge is -2.32. The first-order valence-corrected chi connectivity index (χ1v) is 14.5. The summed E-state index contributed by atoms with van der Waals surface area (Å²) in [5.41, 5.74) is 8.76. The molecule has 1 fully saturated rings. The highest BCUT2D eigenvalue weighted by atomic mass is 32.1. The number of carbonyl (C=O) groups excluding carboxylic acids is 2. The third kappa shape index (κ3) is 5.32. The normalized spacial score (nSPS) is 19.2. The number of rotatable bonds is 8. The molecule has 1 saturated carbocycles. The van der Waals surface area contributed by atoms with Crippen molar-refractivity contribution in [3.8, 4) is 21.9 Å². The third-order valence-electron chi connectivity index (χ3n) is 7.92. The zero-order chi connectivity index (χ0) is 29.3. The van der Waals surface area contributed by atoms with Gasteiger partial charge in [-0.25, -0.2) is 4.79 Å². The molecule has 0 N–H and O–H groups in total. The van der Waals surface area contributed by atoms with Crippen molar-refractivity contribution in [3.05, 3.63) is 111 Å². The number of ether oxygens (including phenoxy) is 3. The summed E-state index contributed by atoms with van der Waals surface area (Å²) in [6.07, 6.45) is 5.98. The van der Waals surface area contributed by atoms with Crippen LogP contribution in [0.4, 0.5) is 0 Å². The monoisotopic (exact) mass is 566 g/mol. The molecular weight excluding hydrogens is 532 g/mol. The molecule has 1 aromatic heterocycles. The van der Waals surface area contributed by atoms with Crippen LogP contribution in [0.1, 0.15) is 52.5 Å². The van der Waals surface area contributed by atoms with Gasteiger partial charge in [-0.05, 0) is 97.0 Å². The van der Waals surface area contributed by atoms with Gasteiger partial charge in [0, 0.05) is 32.7 Å². The van der Waals surface area contributed by atoms with Gasteiger partial charge in [-0.1, -0.05) is 36.4 Å². The lowest BCUT2D eigenvalue weighted by atomic mass is 9.71. The van der Waals surface area contributed by atoms with E-state index in [1.165, 1.54) is 5.57 Å². The first kappa shape index (κ1) is 28.4. The van der Waals surface area contributed by atoms with Gasteiger partial charge in [0.05, 0.1) is 20.8 Å². The molecule has 2 aromatic carbocycles. The average Bonchev–Trinajstić information content (AvgIpc) is 3.56. The van der Waals surface area contributed by atoms with Crippen molar-refractivity contribution >= 4 is 29.7 Å². The standard InChI is InChI=1S/C35H34O5S/c1-7-40-35(37)32-21(3)14-26-16-25(17-27-11-13-31(41-27)28-15-23(19-36)9-8-20(28)2)22(4)33(26)34(32)24-10-12-29(38-5)30(18-24)39-6/h8-15,17-19,33-34H,4,7,16H2,1-3,5-6H3. The molecule has 41 heavy (non-hydrogen) atoms. The van der Waals surface area contributed by atoms with Crippen molar-refractivity contribution in [3.63, 3.8) is 0 Å². The van der Waals surface area contributed by atoms with Gasteiger partial charge in [0.25, 0.3) is 0 Å². The smallest absolute Gasteiger partial charge is 0.334 e. The van der Waals surface area contributed by atoms with Gasteiger partial charge in [0.15, 0.2) is 11.5 Å². The second kappa shape index (κ2) is 11.8. The second-order valence-corrected chi connectivity index (χ2v) is 11.5. The number of allylic oxidation sites excluding steroid dienone is 5. The van der Waals surface area contributed by atoms with E-state index in [-0.39, 0.29) is 17.8 Å². The minimum atomic E-state index is -0.305. The molecule has 0 radical (unpaired) electrons. The number of hydrogen-bond donors (Lipinski definition) is 0. The van der Waals surface area contributed by atoms with Gasteiger partial charge in [0.2, 0.25) is 0 Å². The summed E-state index contributed by atoms with van der Waals surface area (Å²) < 4.78 is 16.6. The van der Waals surface area contributed by atoms with Crippen molar-refractivity contribution < 1.29 is 23.8 Å². The second-order valence-electron chi connectivity index (χ2n) is 10.4. The Hall–Kier alpha value is -4.16. The molecule has 2 unspecified atom stereocenters. The number of aldehydes is 1. The fourth-order valence-corrected chi connectivity index (χ4v) is 7.02. The Morgan fingerprint density at radius 3 is 2.51 bits per heavy atom. The van der Waals surface area contributed by atoms with E-state index >= 15 is 0 Å². The van der Waals surface area contributed by atoms with Crippen molar-refractivity contribution in [1.29, 1.82) is 0 Å². The Labute approximate surface area is 245 Å². The van der Waals surface area contributed by atoms with Crippen molar-refractivity contribution in [1.82, 2.24) is 0 Å². The van der Waals surface area contributed by atoms with Gasteiger partial charge in [-0.15, -0.1) is 11.3 Å². The van der Waals surface area contributed by atoms with Crippen LogP contribution < -0.4 is 9.47 Å². The number of methoxy groups -OCH3 is 2. The molecule has 0 spiro atoms. The predicted molar refractivity (Wildman–Crippen MR) is 165 cm³/mol. The van der Waals surface area contributed by atoms with Crippen LogP contribution in [-0.4, -0.2) is 33.1 Å². The van der Waals surface area contributed by atoms with Crippen LogP contribution in [0.2, 0.25) is 0 Å². The van der Waals surface area contributed by atoms with E-state index in [4.69, 9.17) is 14.2 Å². The molecule has 0 amide bonds. The highest BCUT2D eigenvalue weighted by molar-refractivity contribution is 7.16. The third-order valence-corrected chi connectivity index (χ3v) is 8.99. The number of hydrogen-bond acceptors (Lipinski definition) is 6. The summed E-state index contributed by atoms with van der Waals surface area (Å²) in [4.78, 5) is 26.9. The summed E-state index contributed by atoms with van der Waals surface area (Å²) in [7, 11) is 3.22. The minimum absolute atomic E-state index is 0.0755. The SMILES string of the molecule is C=C1C(=Cc2ccc(-c3cc(C=O)ccc3C)s2)CC2=CC(C)=C(C(=O)OCC)C(c3ccc(OC)c(OC)c3)C12. The van der Waals surface area contributed by atoms with Crippen LogP contribution in [-0.2, 0) is 9.53 Å². The molecule has 210 valence electrons. The zero-order valence-electron chi connectivity index (χ0n) is 24.1. The fraction of sp³-hybridized carbons (Fsp3) is 0.257. The first-order chi connectivity index (χ1) is 19.8. The number of esters is 1. The lowest BCUT2D eigenvalue weighted by molar-refractivity contribution is -0.139. The fourth-order valence-electron chi connectivity index (χ4n) is 5.96. The summed E-state index contributed by atoms with van der Waals surface area (Å²) in [6, 6.07) is 15.8. The Balaban J connectivity index is 1.54. The van der Waals surface area contributed by atoms with Gasteiger partial charge in [-0.2, -0.15) is 0 Å². The highest BCUT2D eigenvalue weighted by Gasteiger charge is 2.43. The Bertz CT molecular complexity index is 1630. The predicted octanol–water partition coefficient (Wildman–Crippen LogP) is 8.12. The average molecular weight is 567 g/mol. The van der Waals surface area contributed by atoms with Crippen LogP contribution in [0.3, 0.4) is 0 Å². The molecule has 2 aliphatic carbocycles. The van der Waals surface area contributed by atoms with Gasteiger partial charge in [0.1, 0.15) is 6.29 Å². The molecule has 2 aliphatic rings. The van der Waals surface area contributed by atoms with Gasteiger partial charge < -0.3 is 14.2 Å². The topological polar surface area (TPSA) is 61.8 Å². The zero-order valence-corrected chi connectivity index (χ0v) is 24.9. The largest absolute Gasteiger partial charge is 0.493 e. The first-order valence-electron chi connectivity index (χ1n) is 13.7. The number of thiophene rings is 1. The molecule has 0 bridgehead atoms. The van der Waals surface area contributed by atoms with Crippen LogP contribution >= 0.6 is 11.3 Å². The molecule has 5 nitrogen and oxygen atoms in total. The van der Waals surface area contributed by atoms with Crippen LogP contribution in [0.25, 0.3) is 16.5 Å². The van der Waals surface area contributed by atoms with Crippen molar-refractivity contribution in [2.24, 2.45) is 5.92 Å². The van der Waals surface area contributed by atoms with E-state index in [0.29, 0.717) is 29.2 Å². The molecular formula is C35H34O5S. The summed E-state index contributed by atoms with van der Waals surface area (Å²) in [5.74, 6) is 0.602. The van der Waals surface area contributed by atoms with E-state index in [2.05, 4.69) is 37.8 Å². The maximum atomic E-state index is 13.3. The highest BCUT2D eigenvalue weighted by Crippen LogP contribution is 2.54. The van der Waals surface area contributed by atoms with Crippen LogP contribution in [0, 0.1) is 12.8 Å². The van der Waals surface area contributed by atoms with Crippen LogP contribution in [0.5, 0.6) is 11.5 Å². The molecule has 3 aromatic rings. The molecule has 0 saturated heterocycles. The summed E-state index contributed by atoms with van der Waals surface area (Å²) >= 11 is 1.69. The summed E-state index contributed by atoms with van der Waals surface area (Å²) in [5, 5.41) is 0. The van der Waals surface area contributed by atoms with E-state index in [0.717, 1.165) is 55.9 Å². The number of fused-ring (bicyclic) bond motifs is 1. The minimum Gasteiger partial charge on any atom is -0.493 e. The lowest BCUT2D eigenvalue weighted by Crippen LogP contribution is -2.26. The number of benzene rings is 2. The van der Waals surface area contributed by atoms with Crippen molar-refractivity contribution in [2.75, 3.05) is 20.8 Å². The van der Waals surface area contributed by atoms with Crippen molar-refractivity contribution in [2.45, 2.75) is 33.1 Å². The van der Waals surface area contributed by atoms with E-state index in [1.54, 1.807) is 25.6 Å². The molecule has 1 heterocycles. The quantitative estimate of drug-likeness (QED) is 0.204. The van der Waals surface area contributed by atoms with E-state index in [9.17, 15) is 9.59 Å². The Kier molecular flexibility index (Phi) is 8.13. The maximum absolute atomic E-state index is 13.3. The molecule has 2 atom stereocenters. The van der Waals surface area contributed by atoms with E-state index < -0.39 is 0 Å². The molecule has 0 aliphatic heterocycles. The van der Waals surface area contributed by atoms with Gasteiger partial charge in [-0.3, -0.25) is 4.79 Å². The number of carbonyl (C=O) groups is 2. The van der Waals surface area contributed by atoms with Gasteiger partial charge >= 0.3 is 5.97 Å². The van der Waals surface area contributed by atoms with E-state index in [1.807, 2.05) is 50.2 Å². The Morgan fingerprint density at radius 2 is 1.80 bits per heavy atom. The molecule has 5 rings (SSSR count). The molecule has 6 heteroatoms. The summed E-state index contributed by atoms with van der Waals surface area (Å²) in [6.45, 7) is 10.7.